The predicted octanol–water partition coefficient (Wildman–Crippen LogP) is 3.07. The van der Waals surface area contributed by atoms with E-state index in [1.54, 1.807) is 32.9 Å². The summed E-state index contributed by atoms with van der Waals surface area (Å²) in [5.41, 5.74) is 0.377. The molecule has 0 saturated carbocycles. The summed E-state index contributed by atoms with van der Waals surface area (Å²) in [7, 11) is 0. The largest absolute Gasteiger partial charge is 0.588 e. The zero-order chi connectivity index (χ0) is 19.2. The Labute approximate surface area is 153 Å². The number of aryl methyl sites for hydroxylation is 1. The van der Waals surface area contributed by atoms with Crippen molar-refractivity contribution in [3.05, 3.63) is 29.8 Å². The molecule has 2 amide bonds. The number of hydrogen-bond donors (Lipinski definition) is 2. The van der Waals surface area contributed by atoms with Gasteiger partial charge >= 0.3 is 6.09 Å². The van der Waals surface area contributed by atoms with E-state index in [0.717, 1.165) is 5.56 Å². The quantitative estimate of drug-likeness (QED) is 0.755. The van der Waals surface area contributed by atoms with Crippen LogP contribution in [-0.4, -0.2) is 28.2 Å². The molecule has 0 aliphatic carbocycles. The Morgan fingerprint density at radius 2 is 1.80 bits per heavy atom. The van der Waals surface area contributed by atoms with Gasteiger partial charge in [0.1, 0.15) is 23.0 Å². The van der Waals surface area contributed by atoms with Gasteiger partial charge in [0.25, 0.3) is 5.91 Å². The van der Waals surface area contributed by atoms with Crippen LogP contribution in [0.2, 0.25) is 0 Å². The second-order valence-corrected chi connectivity index (χ2v) is 8.27. The molecule has 1 aromatic rings. The van der Waals surface area contributed by atoms with Gasteiger partial charge in [-0.05, 0) is 45.7 Å². The minimum absolute atomic E-state index is 0.137. The molecule has 0 radical (unpaired) electrons. The fourth-order valence-electron chi connectivity index (χ4n) is 2.01. The molecular weight excluding hydrogens is 340 g/mol. The van der Waals surface area contributed by atoms with E-state index >= 15 is 0 Å². The third-order valence-corrected chi connectivity index (χ3v) is 4.68. The van der Waals surface area contributed by atoms with Crippen molar-refractivity contribution < 1.29 is 18.9 Å². The topological polar surface area (TPSA) is 90.5 Å². The van der Waals surface area contributed by atoms with Crippen LogP contribution in [0.1, 0.15) is 46.6 Å². The second kappa shape index (κ2) is 9.10. The molecule has 25 heavy (non-hydrogen) atoms. The van der Waals surface area contributed by atoms with Crippen molar-refractivity contribution in [2.24, 2.45) is 5.92 Å². The SMILES string of the molecule is CC[C@H](C)[C@H](NC(=O)OC(C)(C)C)C(=O)N[S+]([O-])c1ccc(C)cc1. The van der Waals surface area contributed by atoms with Gasteiger partial charge < -0.3 is 14.6 Å². The molecule has 0 aliphatic heterocycles. The molecule has 0 heterocycles. The standard InChI is InChI=1S/C18H28N2O4S/c1-7-13(3)15(19-17(22)24-18(4,5)6)16(21)20-25(23)14-10-8-12(2)9-11-14/h8-11,13,15H,7H2,1-6H3,(H,19,22)(H,20,21)/t13-,15-,25?/m0/s1. The number of hydrogen-bond acceptors (Lipinski definition) is 4. The monoisotopic (exact) mass is 368 g/mol. The lowest BCUT2D eigenvalue weighted by atomic mass is 9.99. The van der Waals surface area contributed by atoms with Crippen LogP contribution < -0.4 is 10.0 Å². The highest BCUT2D eigenvalue weighted by Crippen LogP contribution is 2.14. The lowest BCUT2D eigenvalue weighted by molar-refractivity contribution is -0.122. The average Bonchev–Trinajstić information content (AvgIpc) is 2.50. The number of benzene rings is 1. The maximum Gasteiger partial charge on any atom is 0.408 e. The third-order valence-electron chi connectivity index (χ3n) is 3.60. The number of amides is 2. The van der Waals surface area contributed by atoms with Crippen molar-refractivity contribution in [1.29, 1.82) is 0 Å². The molecule has 7 heteroatoms. The van der Waals surface area contributed by atoms with Gasteiger partial charge in [-0.3, -0.25) is 4.79 Å². The highest BCUT2D eigenvalue weighted by Gasteiger charge is 2.31. The van der Waals surface area contributed by atoms with Crippen molar-refractivity contribution in [3.63, 3.8) is 0 Å². The van der Waals surface area contributed by atoms with Gasteiger partial charge in [-0.15, -0.1) is 0 Å². The molecule has 1 rings (SSSR count). The summed E-state index contributed by atoms with van der Waals surface area (Å²) >= 11 is -1.69. The summed E-state index contributed by atoms with van der Waals surface area (Å²) < 4.78 is 20.0. The molecule has 6 nitrogen and oxygen atoms in total. The molecule has 0 aliphatic rings. The summed E-state index contributed by atoms with van der Waals surface area (Å²) in [6.07, 6.45) is -0.000481. The number of alkyl carbamates (subject to hydrolysis) is 1. The Morgan fingerprint density at radius 3 is 2.28 bits per heavy atom. The molecule has 2 N–H and O–H groups in total. The van der Waals surface area contributed by atoms with E-state index in [9.17, 15) is 14.1 Å². The summed E-state index contributed by atoms with van der Waals surface area (Å²) in [6.45, 7) is 10.9. The first-order chi connectivity index (χ1) is 11.5. The van der Waals surface area contributed by atoms with E-state index in [2.05, 4.69) is 10.0 Å². The summed E-state index contributed by atoms with van der Waals surface area (Å²) in [6, 6.07) is 6.22. The van der Waals surface area contributed by atoms with Crippen molar-refractivity contribution in [1.82, 2.24) is 10.0 Å². The molecule has 0 fully saturated rings. The van der Waals surface area contributed by atoms with Gasteiger partial charge in [0.2, 0.25) is 0 Å². The lowest BCUT2D eigenvalue weighted by Gasteiger charge is -2.26. The maximum atomic E-state index is 12.5. The second-order valence-electron chi connectivity index (χ2n) is 7.06. The first-order valence-corrected chi connectivity index (χ1v) is 9.47. The van der Waals surface area contributed by atoms with Gasteiger partial charge in [0, 0.05) is 0 Å². The van der Waals surface area contributed by atoms with Gasteiger partial charge in [-0.25, -0.2) is 4.79 Å². The van der Waals surface area contributed by atoms with E-state index in [4.69, 9.17) is 4.74 Å². The molecule has 3 atom stereocenters. The third kappa shape index (κ3) is 7.36. The number of carbonyl (C=O) groups excluding carboxylic acids is 2. The van der Waals surface area contributed by atoms with Crippen LogP contribution in [0.15, 0.2) is 29.2 Å². The van der Waals surface area contributed by atoms with Gasteiger partial charge in [-0.2, -0.15) is 4.72 Å². The Hall–Kier alpha value is -1.73. The zero-order valence-electron chi connectivity index (χ0n) is 15.7. The molecular formula is C18H28N2O4S. The van der Waals surface area contributed by atoms with E-state index in [-0.39, 0.29) is 5.92 Å². The number of rotatable bonds is 6. The first kappa shape index (κ1) is 21.3. The maximum absolute atomic E-state index is 12.5. The number of carbonyl (C=O) groups is 2. The molecule has 1 unspecified atom stereocenters. The van der Waals surface area contributed by atoms with Crippen molar-refractivity contribution in [2.75, 3.05) is 0 Å². The van der Waals surface area contributed by atoms with Gasteiger partial charge in [-0.1, -0.05) is 38.0 Å². The van der Waals surface area contributed by atoms with Gasteiger partial charge in [0.05, 0.1) is 0 Å². The lowest BCUT2D eigenvalue weighted by Crippen LogP contribution is -2.52. The van der Waals surface area contributed by atoms with Crippen LogP contribution in [0.5, 0.6) is 0 Å². The van der Waals surface area contributed by atoms with Crippen molar-refractivity contribution in [2.45, 2.75) is 64.5 Å². The smallest absolute Gasteiger partial charge is 0.408 e. The average molecular weight is 368 g/mol. The Morgan fingerprint density at radius 1 is 1.24 bits per heavy atom. The normalized spacial score (nSPS) is 15.0. The van der Waals surface area contributed by atoms with Crippen molar-refractivity contribution in [3.8, 4) is 0 Å². The van der Waals surface area contributed by atoms with Crippen molar-refractivity contribution >= 4 is 23.4 Å². The molecule has 140 valence electrons. The van der Waals surface area contributed by atoms with Crippen LogP contribution >= 0.6 is 0 Å². The van der Waals surface area contributed by atoms with Crippen LogP contribution in [0.3, 0.4) is 0 Å². The van der Waals surface area contributed by atoms with E-state index in [1.165, 1.54) is 0 Å². The number of nitrogens with one attached hydrogen (secondary N) is 2. The zero-order valence-corrected chi connectivity index (χ0v) is 16.5. The van der Waals surface area contributed by atoms with Crippen LogP contribution in [0.4, 0.5) is 4.79 Å². The van der Waals surface area contributed by atoms with Crippen LogP contribution in [0, 0.1) is 12.8 Å². The Kier molecular flexibility index (Phi) is 7.76. The van der Waals surface area contributed by atoms with E-state index < -0.39 is 35.0 Å². The highest BCUT2D eigenvalue weighted by atomic mass is 32.2. The molecule has 1 aromatic carbocycles. The first-order valence-electron chi connectivity index (χ1n) is 8.32. The highest BCUT2D eigenvalue weighted by molar-refractivity contribution is 7.90. The van der Waals surface area contributed by atoms with Crippen LogP contribution in [0.25, 0.3) is 0 Å². The summed E-state index contributed by atoms with van der Waals surface area (Å²) in [4.78, 5) is 25.0. The molecule has 0 aromatic heterocycles. The van der Waals surface area contributed by atoms with Crippen LogP contribution in [-0.2, 0) is 20.9 Å². The minimum Gasteiger partial charge on any atom is -0.588 e. The number of ether oxygens (including phenoxy) is 1. The Bertz CT molecular complexity index is 584. The molecule has 0 saturated heterocycles. The van der Waals surface area contributed by atoms with E-state index in [0.29, 0.717) is 11.3 Å². The summed E-state index contributed by atoms with van der Waals surface area (Å²) in [5, 5.41) is 2.58. The van der Waals surface area contributed by atoms with E-state index in [1.807, 2.05) is 32.9 Å². The fraction of sp³-hybridized carbons (Fsp3) is 0.556. The molecule has 0 spiro atoms. The fourth-order valence-corrected chi connectivity index (χ4v) is 2.82. The minimum atomic E-state index is -1.69. The summed E-state index contributed by atoms with van der Waals surface area (Å²) in [5.74, 6) is -0.637. The predicted molar refractivity (Wildman–Crippen MR) is 98.3 cm³/mol. The Balaban J connectivity index is 2.79. The molecule has 0 bridgehead atoms. The van der Waals surface area contributed by atoms with Gasteiger partial charge in [0.15, 0.2) is 4.90 Å².